The summed E-state index contributed by atoms with van der Waals surface area (Å²) in [5, 5.41) is 1.34. The van der Waals surface area contributed by atoms with E-state index < -0.39 is 0 Å². The van der Waals surface area contributed by atoms with Gasteiger partial charge in [-0.15, -0.1) is 11.3 Å². The van der Waals surface area contributed by atoms with Gasteiger partial charge in [-0.25, -0.2) is 0 Å². The van der Waals surface area contributed by atoms with Crippen molar-refractivity contribution in [3.63, 3.8) is 0 Å². The van der Waals surface area contributed by atoms with E-state index in [2.05, 4.69) is 86.6 Å². The van der Waals surface area contributed by atoms with Gasteiger partial charge in [0.25, 0.3) is 0 Å². The average Bonchev–Trinajstić information content (AvgIpc) is 3.02. The molecule has 0 amide bonds. The van der Waals surface area contributed by atoms with E-state index >= 15 is 0 Å². The molecule has 0 spiro atoms. The molecule has 4 aromatic rings. The first-order chi connectivity index (χ1) is 12.2. The van der Waals surface area contributed by atoms with Crippen LogP contribution in [0.3, 0.4) is 0 Å². The highest BCUT2D eigenvalue weighted by atomic mass is 32.1. The van der Waals surface area contributed by atoms with Crippen LogP contribution in [0.1, 0.15) is 23.8 Å². The van der Waals surface area contributed by atoms with Gasteiger partial charge in [0.05, 0.1) is 0 Å². The zero-order valence-electron chi connectivity index (χ0n) is 14.8. The van der Waals surface area contributed by atoms with Crippen LogP contribution < -0.4 is 0 Å². The second-order valence-electron chi connectivity index (χ2n) is 6.63. The summed E-state index contributed by atoms with van der Waals surface area (Å²) >= 11 is 1.87. The summed E-state index contributed by atoms with van der Waals surface area (Å²) in [6, 6.07) is 26.9. The molecule has 0 atom stereocenters. The molecule has 0 bridgehead atoms. The normalized spacial score (nSPS) is 11.1. The van der Waals surface area contributed by atoms with Gasteiger partial charge in [0.15, 0.2) is 0 Å². The monoisotopic (exact) mass is 342 g/mol. The number of aryl methyl sites for hydroxylation is 2. The van der Waals surface area contributed by atoms with Crippen LogP contribution in [-0.2, 0) is 6.42 Å². The minimum Gasteiger partial charge on any atom is -0.141 e. The molecule has 0 aliphatic heterocycles. The number of hydrogen-bond donors (Lipinski definition) is 0. The van der Waals surface area contributed by atoms with E-state index in [-0.39, 0.29) is 0 Å². The maximum Gasteiger partial charge on any atom is 0.0351 e. The first-order valence-electron chi connectivity index (χ1n) is 8.93. The summed E-state index contributed by atoms with van der Waals surface area (Å²) in [6.07, 6.45) is 2.35. The Morgan fingerprint density at radius 1 is 0.680 bits per heavy atom. The Morgan fingerprint density at radius 3 is 1.88 bits per heavy atom. The molecular weight excluding hydrogens is 320 g/mol. The molecule has 0 saturated heterocycles. The van der Waals surface area contributed by atoms with Crippen molar-refractivity contribution < 1.29 is 0 Å². The summed E-state index contributed by atoms with van der Waals surface area (Å²) in [6.45, 7) is 4.40. The number of benzene rings is 3. The quantitative estimate of drug-likeness (QED) is 0.360. The van der Waals surface area contributed by atoms with Crippen LogP contribution in [0.15, 0.2) is 72.8 Å². The third-order valence-corrected chi connectivity index (χ3v) is 5.70. The molecular formula is C24H22S. The van der Waals surface area contributed by atoms with Crippen LogP contribution in [0.25, 0.3) is 32.3 Å². The van der Waals surface area contributed by atoms with E-state index in [9.17, 15) is 0 Å². The van der Waals surface area contributed by atoms with Crippen LogP contribution in [-0.4, -0.2) is 0 Å². The second kappa shape index (κ2) is 6.85. The highest BCUT2D eigenvalue weighted by molar-refractivity contribution is 7.19. The van der Waals surface area contributed by atoms with E-state index in [0.29, 0.717) is 0 Å². The molecule has 0 fully saturated rings. The Kier molecular flexibility index (Phi) is 4.42. The Balaban J connectivity index is 1.62. The Labute approximate surface area is 153 Å². The maximum atomic E-state index is 2.31. The van der Waals surface area contributed by atoms with Gasteiger partial charge in [-0.1, -0.05) is 74.0 Å². The molecule has 3 aromatic carbocycles. The molecule has 0 nitrogen and oxygen atoms in total. The van der Waals surface area contributed by atoms with Gasteiger partial charge in [-0.2, -0.15) is 0 Å². The third kappa shape index (κ3) is 3.38. The lowest BCUT2D eigenvalue weighted by atomic mass is 9.99. The highest BCUT2D eigenvalue weighted by Gasteiger charge is 2.04. The minimum absolute atomic E-state index is 1.16. The van der Waals surface area contributed by atoms with Gasteiger partial charge in [-0.05, 0) is 58.7 Å². The lowest BCUT2D eigenvalue weighted by Crippen LogP contribution is -1.84. The third-order valence-electron chi connectivity index (χ3n) is 4.69. The van der Waals surface area contributed by atoms with Crippen molar-refractivity contribution in [2.75, 3.05) is 0 Å². The van der Waals surface area contributed by atoms with Crippen molar-refractivity contribution in [1.29, 1.82) is 0 Å². The summed E-state index contributed by atoms with van der Waals surface area (Å²) in [7, 11) is 0. The Hall–Kier alpha value is -2.38. The molecule has 0 N–H and O–H groups in total. The molecule has 124 valence electrons. The van der Waals surface area contributed by atoms with Gasteiger partial charge in [0, 0.05) is 9.58 Å². The van der Waals surface area contributed by atoms with Gasteiger partial charge in [0.2, 0.25) is 0 Å². The molecule has 4 rings (SSSR count). The Morgan fingerprint density at radius 2 is 1.24 bits per heavy atom. The number of hydrogen-bond acceptors (Lipinski definition) is 1. The van der Waals surface area contributed by atoms with Gasteiger partial charge in [0.1, 0.15) is 0 Å². The SMILES string of the molecule is CCCc1ccc(-c2ccc(-c3ccc4cc(C)sc4c3)cc2)cc1. The summed E-state index contributed by atoms with van der Waals surface area (Å²) in [5.74, 6) is 0. The summed E-state index contributed by atoms with van der Waals surface area (Å²) < 4.78 is 1.37. The number of thiophene rings is 1. The molecule has 1 aromatic heterocycles. The number of rotatable bonds is 4. The molecule has 1 heterocycles. The van der Waals surface area contributed by atoms with Crippen LogP contribution >= 0.6 is 11.3 Å². The number of fused-ring (bicyclic) bond motifs is 1. The van der Waals surface area contributed by atoms with Gasteiger partial charge < -0.3 is 0 Å². The zero-order chi connectivity index (χ0) is 17.2. The van der Waals surface area contributed by atoms with E-state index in [1.54, 1.807) is 0 Å². The van der Waals surface area contributed by atoms with E-state index in [1.165, 1.54) is 49.2 Å². The van der Waals surface area contributed by atoms with Crippen molar-refractivity contribution in [2.24, 2.45) is 0 Å². The maximum absolute atomic E-state index is 2.31. The zero-order valence-corrected chi connectivity index (χ0v) is 15.6. The predicted octanol–water partition coefficient (Wildman–Crippen LogP) is 7.50. The average molecular weight is 343 g/mol. The van der Waals surface area contributed by atoms with E-state index in [0.717, 1.165) is 6.42 Å². The topological polar surface area (TPSA) is 0 Å². The fourth-order valence-electron chi connectivity index (χ4n) is 3.35. The van der Waals surface area contributed by atoms with Crippen molar-refractivity contribution in [1.82, 2.24) is 0 Å². The minimum atomic E-state index is 1.16. The van der Waals surface area contributed by atoms with Crippen LogP contribution in [0, 0.1) is 6.92 Å². The fraction of sp³-hybridized carbons (Fsp3) is 0.167. The smallest absolute Gasteiger partial charge is 0.0351 e. The lowest BCUT2D eigenvalue weighted by molar-refractivity contribution is 0.922. The fourth-order valence-corrected chi connectivity index (χ4v) is 4.31. The first-order valence-corrected chi connectivity index (χ1v) is 9.74. The summed E-state index contributed by atoms with van der Waals surface area (Å²) in [4.78, 5) is 1.37. The van der Waals surface area contributed by atoms with Crippen LogP contribution in [0.2, 0.25) is 0 Å². The molecule has 0 radical (unpaired) electrons. The van der Waals surface area contributed by atoms with Crippen molar-refractivity contribution >= 4 is 21.4 Å². The molecule has 0 saturated carbocycles. The molecule has 25 heavy (non-hydrogen) atoms. The van der Waals surface area contributed by atoms with Crippen LogP contribution in [0.5, 0.6) is 0 Å². The highest BCUT2D eigenvalue weighted by Crippen LogP contribution is 2.31. The molecule has 0 aliphatic carbocycles. The van der Waals surface area contributed by atoms with Crippen molar-refractivity contribution in [2.45, 2.75) is 26.7 Å². The largest absolute Gasteiger partial charge is 0.141 e. The Bertz CT molecular complexity index is 989. The van der Waals surface area contributed by atoms with Crippen molar-refractivity contribution in [3.8, 4) is 22.3 Å². The standard InChI is InChI=1S/C24H22S/c1-3-4-18-5-7-19(8-6-18)20-9-11-21(12-10-20)22-13-14-23-15-17(2)25-24(23)16-22/h5-16H,3-4H2,1-2H3. The van der Waals surface area contributed by atoms with Gasteiger partial charge >= 0.3 is 0 Å². The van der Waals surface area contributed by atoms with E-state index in [4.69, 9.17) is 0 Å². The van der Waals surface area contributed by atoms with Crippen LogP contribution in [0.4, 0.5) is 0 Å². The molecule has 0 unspecified atom stereocenters. The second-order valence-corrected chi connectivity index (χ2v) is 7.92. The van der Waals surface area contributed by atoms with Crippen molar-refractivity contribution in [3.05, 3.63) is 83.2 Å². The summed E-state index contributed by atoms with van der Waals surface area (Å²) in [5.41, 5.74) is 6.55. The molecule has 0 aliphatic rings. The lowest BCUT2D eigenvalue weighted by Gasteiger charge is -2.06. The van der Waals surface area contributed by atoms with E-state index in [1.807, 2.05) is 11.3 Å². The first kappa shape index (κ1) is 16.1. The predicted molar refractivity (Wildman–Crippen MR) is 111 cm³/mol. The molecule has 1 heteroatoms. The van der Waals surface area contributed by atoms with Gasteiger partial charge in [-0.3, -0.25) is 0 Å².